The first kappa shape index (κ1) is 22.1. The normalized spacial score (nSPS) is 11.0. The molecule has 31 heavy (non-hydrogen) atoms. The smallest absolute Gasteiger partial charge is 0.335 e. The maximum atomic E-state index is 11.0. The number of carboxylic acid groups (broad SMARTS) is 1. The second kappa shape index (κ2) is 9.96. The molecule has 1 N–H and O–H groups in total. The third kappa shape index (κ3) is 5.53. The average Bonchev–Trinajstić information content (AvgIpc) is 2.78. The first-order chi connectivity index (χ1) is 14.9. The minimum Gasteiger partial charge on any atom is -0.493 e. The Morgan fingerprint density at radius 3 is 2.29 bits per heavy atom. The van der Waals surface area contributed by atoms with E-state index in [1.165, 1.54) is 17.7 Å². The molecule has 0 spiro atoms. The summed E-state index contributed by atoms with van der Waals surface area (Å²) in [5.74, 6) is 0.110. The van der Waals surface area contributed by atoms with Crippen LogP contribution in [0.3, 0.4) is 0 Å². The predicted molar refractivity (Wildman–Crippen MR) is 123 cm³/mol. The van der Waals surface area contributed by atoms with Gasteiger partial charge in [-0.1, -0.05) is 57.9 Å². The Labute approximate surface area is 189 Å². The highest BCUT2D eigenvalue weighted by atomic mass is 79.9. The largest absolute Gasteiger partial charge is 0.493 e. The number of hydrogen-bond donors (Lipinski definition) is 1. The summed E-state index contributed by atoms with van der Waals surface area (Å²) in [6.45, 7) is 2.44. The lowest BCUT2D eigenvalue weighted by atomic mass is 10.0. The van der Waals surface area contributed by atoms with Crippen molar-refractivity contribution in [3.8, 4) is 17.6 Å². The number of carboxylic acids is 1. The number of aromatic carboxylic acids is 1. The van der Waals surface area contributed by atoms with Crippen molar-refractivity contribution >= 4 is 33.5 Å². The van der Waals surface area contributed by atoms with Crippen LogP contribution in [0.5, 0.6) is 11.5 Å². The third-order valence-electron chi connectivity index (χ3n) is 4.66. The monoisotopic (exact) mass is 477 g/mol. The molecule has 5 nitrogen and oxygen atoms in total. The number of aryl methyl sites for hydroxylation is 1. The number of allylic oxidation sites excluding steroid dienone is 1. The summed E-state index contributed by atoms with van der Waals surface area (Å²) in [4.78, 5) is 11.0. The van der Waals surface area contributed by atoms with E-state index in [0.717, 1.165) is 15.6 Å². The Morgan fingerprint density at radius 1 is 1.06 bits per heavy atom. The zero-order chi connectivity index (χ0) is 22.4. The van der Waals surface area contributed by atoms with E-state index in [0.29, 0.717) is 29.2 Å². The Balaban J connectivity index is 1.87. The van der Waals surface area contributed by atoms with Gasteiger partial charge in [0, 0.05) is 4.47 Å². The summed E-state index contributed by atoms with van der Waals surface area (Å²) in [5, 5.41) is 18.7. The van der Waals surface area contributed by atoms with Crippen LogP contribution in [0.4, 0.5) is 0 Å². The van der Waals surface area contributed by atoms with Gasteiger partial charge in [-0.3, -0.25) is 0 Å². The van der Waals surface area contributed by atoms with Gasteiger partial charge in [-0.25, -0.2) is 4.79 Å². The van der Waals surface area contributed by atoms with Crippen molar-refractivity contribution in [1.82, 2.24) is 0 Å². The predicted octanol–water partition coefficient (Wildman–Crippen LogP) is 6.11. The van der Waals surface area contributed by atoms with Crippen molar-refractivity contribution in [1.29, 1.82) is 5.26 Å². The fourth-order valence-electron chi connectivity index (χ4n) is 2.91. The fraction of sp³-hybridized carbons (Fsp3) is 0.120. The average molecular weight is 478 g/mol. The molecule has 0 saturated carbocycles. The molecule has 0 amide bonds. The minimum absolute atomic E-state index is 0.166. The molecule has 156 valence electrons. The highest BCUT2D eigenvalue weighted by molar-refractivity contribution is 9.10. The van der Waals surface area contributed by atoms with Crippen LogP contribution in [0.1, 0.15) is 32.6 Å². The Kier molecular flexibility index (Phi) is 7.11. The van der Waals surface area contributed by atoms with Crippen molar-refractivity contribution in [3.63, 3.8) is 0 Å². The van der Waals surface area contributed by atoms with Crippen LogP contribution in [0.15, 0.2) is 65.1 Å². The maximum Gasteiger partial charge on any atom is 0.335 e. The van der Waals surface area contributed by atoms with Gasteiger partial charge in [0.1, 0.15) is 6.61 Å². The van der Waals surface area contributed by atoms with Gasteiger partial charge in [-0.2, -0.15) is 5.26 Å². The van der Waals surface area contributed by atoms with Gasteiger partial charge in [0.15, 0.2) is 11.5 Å². The molecule has 0 atom stereocenters. The summed E-state index contributed by atoms with van der Waals surface area (Å²) in [5.41, 5.74) is 4.15. The first-order valence-electron chi connectivity index (χ1n) is 9.42. The van der Waals surface area contributed by atoms with Crippen molar-refractivity contribution in [2.75, 3.05) is 7.11 Å². The maximum absolute atomic E-state index is 11.0. The van der Waals surface area contributed by atoms with Crippen LogP contribution >= 0.6 is 15.9 Å². The van der Waals surface area contributed by atoms with Crippen LogP contribution in [0.25, 0.3) is 11.6 Å². The number of benzene rings is 3. The zero-order valence-electron chi connectivity index (χ0n) is 17.1. The van der Waals surface area contributed by atoms with Crippen molar-refractivity contribution in [2.24, 2.45) is 0 Å². The summed E-state index contributed by atoms with van der Waals surface area (Å²) >= 11 is 3.54. The van der Waals surface area contributed by atoms with Gasteiger partial charge >= 0.3 is 5.97 Å². The van der Waals surface area contributed by atoms with Crippen molar-refractivity contribution in [3.05, 3.63) is 93.0 Å². The van der Waals surface area contributed by atoms with E-state index in [-0.39, 0.29) is 5.56 Å². The number of ether oxygens (including phenoxy) is 2. The number of hydrogen-bond acceptors (Lipinski definition) is 4. The fourth-order valence-corrected chi connectivity index (χ4v) is 3.34. The highest BCUT2D eigenvalue weighted by Gasteiger charge is 2.12. The zero-order valence-corrected chi connectivity index (χ0v) is 18.6. The molecule has 3 aromatic rings. The third-order valence-corrected chi connectivity index (χ3v) is 5.35. The molecule has 6 heteroatoms. The summed E-state index contributed by atoms with van der Waals surface area (Å²) < 4.78 is 12.2. The van der Waals surface area contributed by atoms with E-state index in [1.54, 1.807) is 37.5 Å². The lowest BCUT2D eigenvalue weighted by Gasteiger charge is -2.13. The van der Waals surface area contributed by atoms with E-state index in [1.807, 2.05) is 31.2 Å². The quantitative estimate of drug-likeness (QED) is 0.328. The number of methoxy groups -OCH3 is 1. The highest BCUT2D eigenvalue weighted by Crippen LogP contribution is 2.36. The molecule has 3 rings (SSSR count). The molecule has 0 saturated heterocycles. The molecule has 0 bridgehead atoms. The van der Waals surface area contributed by atoms with Crippen molar-refractivity contribution < 1.29 is 19.4 Å². The van der Waals surface area contributed by atoms with Gasteiger partial charge in [-0.05, 0) is 54.0 Å². The lowest BCUT2D eigenvalue weighted by molar-refractivity contribution is 0.0697. The van der Waals surface area contributed by atoms with Crippen molar-refractivity contribution in [2.45, 2.75) is 13.5 Å². The number of carbonyl (C=O) groups is 1. The van der Waals surface area contributed by atoms with Gasteiger partial charge in [-0.15, -0.1) is 0 Å². The van der Waals surface area contributed by atoms with E-state index in [2.05, 4.69) is 22.0 Å². The van der Waals surface area contributed by atoms with E-state index in [4.69, 9.17) is 14.6 Å². The van der Waals surface area contributed by atoms with Gasteiger partial charge in [0.2, 0.25) is 0 Å². The molecular formula is C25H20BrNO4. The Bertz CT molecular complexity index is 1160. The molecule has 0 heterocycles. The van der Waals surface area contributed by atoms with Gasteiger partial charge < -0.3 is 14.6 Å². The Hall–Kier alpha value is -3.56. The molecule has 0 unspecified atom stereocenters. The summed E-state index contributed by atoms with van der Waals surface area (Å²) in [6.07, 6.45) is 1.71. The first-order valence-corrected chi connectivity index (χ1v) is 10.2. The van der Waals surface area contributed by atoms with Crippen LogP contribution in [0.2, 0.25) is 0 Å². The second-order valence-electron chi connectivity index (χ2n) is 6.85. The minimum atomic E-state index is -1.01. The standard InChI is InChI=1S/C25H20BrNO4/c1-16-3-5-17(6-4-16)15-31-24-13-22(26)20(12-23(24)30-2)11-21(14-27)18-7-9-19(10-8-18)25(28)29/h3-13H,15H2,1-2H3,(H,28,29)/b21-11-. The molecular weight excluding hydrogens is 458 g/mol. The number of nitriles is 1. The number of halogens is 1. The molecule has 0 aliphatic carbocycles. The Morgan fingerprint density at radius 2 is 1.71 bits per heavy atom. The molecule has 3 aromatic carbocycles. The number of nitrogens with zero attached hydrogens (tertiary/aromatic N) is 1. The van der Waals surface area contributed by atoms with E-state index >= 15 is 0 Å². The molecule has 0 aliphatic heterocycles. The van der Waals surface area contributed by atoms with E-state index < -0.39 is 5.97 Å². The summed E-state index contributed by atoms with van der Waals surface area (Å²) in [7, 11) is 1.56. The SMILES string of the molecule is COc1cc(/C=C(/C#N)c2ccc(C(=O)O)cc2)c(Br)cc1OCc1ccc(C)cc1. The van der Waals surface area contributed by atoms with E-state index in [9.17, 15) is 10.1 Å². The van der Waals surface area contributed by atoms with Gasteiger partial charge in [0.25, 0.3) is 0 Å². The molecule has 0 aromatic heterocycles. The van der Waals surface area contributed by atoms with Crippen LogP contribution < -0.4 is 9.47 Å². The van der Waals surface area contributed by atoms with Gasteiger partial charge in [0.05, 0.1) is 24.3 Å². The molecule has 0 radical (unpaired) electrons. The molecule has 0 aliphatic rings. The lowest BCUT2D eigenvalue weighted by Crippen LogP contribution is -1.98. The second-order valence-corrected chi connectivity index (χ2v) is 7.71. The van der Waals surface area contributed by atoms with Crippen LogP contribution in [-0.4, -0.2) is 18.2 Å². The van der Waals surface area contributed by atoms with Crippen LogP contribution in [-0.2, 0) is 6.61 Å². The topological polar surface area (TPSA) is 79.5 Å². The summed E-state index contributed by atoms with van der Waals surface area (Å²) in [6, 6.07) is 20.0. The molecule has 0 fully saturated rings. The van der Waals surface area contributed by atoms with Crippen LogP contribution in [0, 0.1) is 18.3 Å². The number of rotatable bonds is 7.